The first kappa shape index (κ1) is 15.7. The Kier molecular flexibility index (Phi) is 7.34. The summed E-state index contributed by atoms with van der Waals surface area (Å²) in [6, 6.07) is -0.0526. The molecular weight excluding hydrogens is 220 g/mol. The van der Waals surface area contributed by atoms with E-state index in [1.165, 1.54) is 4.90 Å². The minimum absolute atomic E-state index is 0.127. The Hall–Kier alpha value is -1.26. The second-order valence-electron chi connectivity index (χ2n) is 4.42. The average Bonchev–Trinajstić information content (AvgIpc) is 2.25. The average molecular weight is 244 g/mol. The molecule has 0 rings (SSSR count). The smallest absolute Gasteiger partial charge is 0.317 e. The molecule has 0 bridgehead atoms. The van der Waals surface area contributed by atoms with E-state index in [0.29, 0.717) is 6.54 Å². The van der Waals surface area contributed by atoms with Crippen LogP contribution in [-0.4, -0.2) is 41.1 Å². The zero-order chi connectivity index (χ0) is 13.4. The highest BCUT2D eigenvalue weighted by Crippen LogP contribution is 2.02. The summed E-state index contributed by atoms with van der Waals surface area (Å²) < 4.78 is 0. The van der Waals surface area contributed by atoms with Gasteiger partial charge in [0.25, 0.3) is 0 Å². The second kappa shape index (κ2) is 7.92. The maximum Gasteiger partial charge on any atom is 0.317 e. The van der Waals surface area contributed by atoms with E-state index < -0.39 is 11.9 Å². The molecule has 5 heteroatoms. The summed E-state index contributed by atoms with van der Waals surface area (Å²) >= 11 is 0. The number of carboxylic acid groups (broad SMARTS) is 1. The van der Waals surface area contributed by atoms with Crippen LogP contribution in [0.1, 0.15) is 40.5 Å². The Labute approximate surface area is 103 Å². The monoisotopic (exact) mass is 244 g/mol. The summed E-state index contributed by atoms with van der Waals surface area (Å²) in [6.45, 7) is 8.23. The fraction of sp³-hybridized carbons (Fsp3) is 0.833. The third-order valence-corrected chi connectivity index (χ3v) is 2.68. The largest absolute Gasteiger partial charge is 0.481 e. The van der Waals surface area contributed by atoms with E-state index in [-0.39, 0.29) is 18.6 Å². The number of aliphatic carboxylic acids is 1. The molecule has 0 aromatic carbocycles. The lowest BCUT2D eigenvalue weighted by molar-refractivity contribution is -0.141. The molecule has 0 fully saturated rings. The fourth-order valence-corrected chi connectivity index (χ4v) is 1.57. The van der Waals surface area contributed by atoms with Crippen LogP contribution in [-0.2, 0) is 4.79 Å². The molecule has 100 valence electrons. The predicted octanol–water partition coefficient (Wildman–Crippen LogP) is 1.93. The van der Waals surface area contributed by atoms with E-state index in [2.05, 4.69) is 12.2 Å². The summed E-state index contributed by atoms with van der Waals surface area (Å²) in [5, 5.41) is 11.7. The van der Waals surface area contributed by atoms with E-state index in [4.69, 9.17) is 5.11 Å². The Morgan fingerprint density at radius 3 is 2.29 bits per heavy atom. The van der Waals surface area contributed by atoms with E-state index >= 15 is 0 Å². The number of carbonyl (C=O) groups excluding carboxylic acids is 1. The first-order chi connectivity index (χ1) is 7.92. The van der Waals surface area contributed by atoms with Gasteiger partial charge in [0.15, 0.2) is 0 Å². The SMILES string of the molecule is CCCC(C)NC(=O)N(CC)CC(C)C(=O)O. The molecule has 0 aliphatic rings. The Balaban J connectivity index is 4.25. The molecule has 0 heterocycles. The highest BCUT2D eigenvalue weighted by atomic mass is 16.4. The number of nitrogens with zero attached hydrogens (tertiary/aromatic N) is 1. The Bertz CT molecular complexity index is 256. The summed E-state index contributed by atoms with van der Waals surface area (Å²) in [5.74, 6) is -1.42. The van der Waals surface area contributed by atoms with Crippen LogP contribution in [0.5, 0.6) is 0 Å². The van der Waals surface area contributed by atoms with Gasteiger partial charge in [-0.25, -0.2) is 4.79 Å². The number of carbonyl (C=O) groups is 2. The van der Waals surface area contributed by atoms with Crippen molar-refractivity contribution in [3.8, 4) is 0 Å². The number of hydrogen-bond donors (Lipinski definition) is 2. The molecule has 0 spiro atoms. The van der Waals surface area contributed by atoms with Crippen LogP contribution in [0.4, 0.5) is 4.79 Å². The molecule has 5 nitrogen and oxygen atoms in total. The van der Waals surface area contributed by atoms with Crippen LogP contribution in [0.15, 0.2) is 0 Å². The Morgan fingerprint density at radius 1 is 1.29 bits per heavy atom. The van der Waals surface area contributed by atoms with Gasteiger partial charge < -0.3 is 15.3 Å². The molecule has 0 saturated carbocycles. The van der Waals surface area contributed by atoms with Gasteiger partial charge in [0.05, 0.1) is 5.92 Å². The number of hydrogen-bond acceptors (Lipinski definition) is 2. The van der Waals surface area contributed by atoms with Crippen molar-refractivity contribution in [3.63, 3.8) is 0 Å². The quantitative estimate of drug-likeness (QED) is 0.719. The molecule has 0 aromatic rings. The molecule has 0 aromatic heterocycles. The van der Waals surface area contributed by atoms with Crippen LogP contribution in [0.2, 0.25) is 0 Å². The van der Waals surface area contributed by atoms with Crippen molar-refractivity contribution in [3.05, 3.63) is 0 Å². The van der Waals surface area contributed by atoms with Gasteiger partial charge in [0.2, 0.25) is 0 Å². The summed E-state index contributed by atoms with van der Waals surface area (Å²) in [5.41, 5.74) is 0. The number of nitrogens with one attached hydrogen (secondary N) is 1. The topological polar surface area (TPSA) is 69.6 Å². The van der Waals surface area contributed by atoms with Gasteiger partial charge in [-0.05, 0) is 20.3 Å². The molecule has 0 aliphatic carbocycles. The minimum atomic E-state index is -0.877. The van der Waals surface area contributed by atoms with Gasteiger partial charge in [-0.1, -0.05) is 20.3 Å². The molecule has 2 atom stereocenters. The minimum Gasteiger partial charge on any atom is -0.481 e. The molecule has 0 aliphatic heterocycles. The van der Waals surface area contributed by atoms with Crippen molar-refractivity contribution in [1.29, 1.82) is 0 Å². The fourth-order valence-electron chi connectivity index (χ4n) is 1.57. The van der Waals surface area contributed by atoms with E-state index in [1.807, 2.05) is 13.8 Å². The van der Waals surface area contributed by atoms with Crippen LogP contribution in [0, 0.1) is 5.92 Å². The van der Waals surface area contributed by atoms with Gasteiger partial charge >= 0.3 is 12.0 Å². The predicted molar refractivity (Wildman–Crippen MR) is 66.9 cm³/mol. The molecule has 2 amide bonds. The number of urea groups is 1. The van der Waals surface area contributed by atoms with Crippen LogP contribution >= 0.6 is 0 Å². The summed E-state index contributed by atoms with van der Waals surface area (Å²) in [7, 11) is 0. The molecule has 0 saturated heterocycles. The lowest BCUT2D eigenvalue weighted by Crippen LogP contribution is -2.46. The first-order valence-electron chi connectivity index (χ1n) is 6.20. The van der Waals surface area contributed by atoms with E-state index in [0.717, 1.165) is 12.8 Å². The van der Waals surface area contributed by atoms with E-state index in [1.54, 1.807) is 6.92 Å². The van der Waals surface area contributed by atoms with Crippen molar-refractivity contribution in [2.45, 2.75) is 46.6 Å². The second-order valence-corrected chi connectivity index (χ2v) is 4.42. The van der Waals surface area contributed by atoms with Gasteiger partial charge in [0, 0.05) is 19.1 Å². The van der Waals surface area contributed by atoms with Crippen molar-refractivity contribution in [2.24, 2.45) is 5.92 Å². The molecule has 0 radical (unpaired) electrons. The van der Waals surface area contributed by atoms with Crippen molar-refractivity contribution in [2.75, 3.05) is 13.1 Å². The maximum absolute atomic E-state index is 11.8. The number of carboxylic acids is 1. The Morgan fingerprint density at radius 2 is 1.88 bits per heavy atom. The highest BCUT2D eigenvalue weighted by Gasteiger charge is 2.19. The number of amides is 2. The van der Waals surface area contributed by atoms with Gasteiger partial charge in [0.1, 0.15) is 0 Å². The summed E-state index contributed by atoms with van der Waals surface area (Å²) in [6.07, 6.45) is 1.94. The number of rotatable bonds is 7. The zero-order valence-electron chi connectivity index (χ0n) is 11.2. The molecule has 2 unspecified atom stereocenters. The third kappa shape index (κ3) is 6.14. The highest BCUT2D eigenvalue weighted by molar-refractivity contribution is 5.76. The normalized spacial score (nSPS) is 13.9. The van der Waals surface area contributed by atoms with Crippen molar-refractivity contribution < 1.29 is 14.7 Å². The van der Waals surface area contributed by atoms with Crippen LogP contribution < -0.4 is 5.32 Å². The lowest BCUT2D eigenvalue weighted by atomic mass is 10.1. The molecule has 17 heavy (non-hydrogen) atoms. The van der Waals surface area contributed by atoms with Crippen LogP contribution in [0.25, 0.3) is 0 Å². The standard InChI is InChI=1S/C12H24N2O3/c1-5-7-10(4)13-12(17)14(6-2)8-9(3)11(15)16/h9-10H,5-8H2,1-4H3,(H,13,17)(H,15,16). The van der Waals surface area contributed by atoms with Gasteiger partial charge in [-0.3, -0.25) is 4.79 Å². The van der Waals surface area contributed by atoms with Crippen molar-refractivity contribution >= 4 is 12.0 Å². The van der Waals surface area contributed by atoms with Crippen molar-refractivity contribution in [1.82, 2.24) is 10.2 Å². The zero-order valence-corrected chi connectivity index (χ0v) is 11.2. The molecule has 2 N–H and O–H groups in total. The van der Waals surface area contributed by atoms with Gasteiger partial charge in [-0.2, -0.15) is 0 Å². The van der Waals surface area contributed by atoms with Crippen LogP contribution in [0.3, 0.4) is 0 Å². The maximum atomic E-state index is 11.8. The van der Waals surface area contributed by atoms with E-state index in [9.17, 15) is 9.59 Å². The van der Waals surface area contributed by atoms with Gasteiger partial charge in [-0.15, -0.1) is 0 Å². The third-order valence-electron chi connectivity index (χ3n) is 2.68. The lowest BCUT2D eigenvalue weighted by Gasteiger charge is -2.25. The summed E-state index contributed by atoms with van der Waals surface area (Å²) in [4.78, 5) is 24.1. The first-order valence-corrected chi connectivity index (χ1v) is 6.20. The molecular formula is C12H24N2O3.